The minimum Gasteiger partial charge on any atom is -0.355 e. The van der Waals surface area contributed by atoms with Crippen molar-refractivity contribution in [2.45, 2.75) is 32.2 Å². The fourth-order valence-corrected chi connectivity index (χ4v) is 4.02. The van der Waals surface area contributed by atoms with Crippen molar-refractivity contribution in [1.82, 2.24) is 15.5 Å². The molecule has 0 radical (unpaired) electrons. The molecule has 0 spiro atoms. The van der Waals surface area contributed by atoms with E-state index in [-0.39, 0.29) is 11.9 Å². The van der Waals surface area contributed by atoms with Gasteiger partial charge in [-0.25, -0.2) is 0 Å². The molecule has 2 heterocycles. The highest BCUT2D eigenvalue weighted by Crippen LogP contribution is 2.24. The predicted octanol–water partition coefficient (Wildman–Crippen LogP) is 4.43. The van der Waals surface area contributed by atoms with Gasteiger partial charge in [0.2, 0.25) is 0 Å². The molecule has 2 aromatic carbocycles. The molecule has 1 aliphatic rings. The first kappa shape index (κ1) is 20.1. The largest absolute Gasteiger partial charge is 0.355 e. The minimum atomic E-state index is -0.202. The highest BCUT2D eigenvalue weighted by Gasteiger charge is 2.21. The van der Waals surface area contributed by atoms with Crippen LogP contribution in [0.5, 0.6) is 0 Å². The van der Waals surface area contributed by atoms with Crippen LogP contribution in [0.2, 0.25) is 0 Å². The molecule has 1 aliphatic heterocycles. The van der Waals surface area contributed by atoms with E-state index >= 15 is 0 Å². The van der Waals surface area contributed by atoms with Crippen LogP contribution < -0.4 is 10.2 Å². The number of benzene rings is 2. The number of rotatable bonds is 6. The van der Waals surface area contributed by atoms with E-state index in [1.54, 1.807) is 6.07 Å². The molecule has 5 heteroatoms. The lowest BCUT2D eigenvalue weighted by Crippen LogP contribution is -2.35. The molecule has 5 nitrogen and oxygen atoms in total. The molecule has 4 rings (SSSR count). The maximum atomic E-state index is 12.5. The Morgan fingerprint density at radius 1 is 0.967 bits per heavy atom. The Hall–Kier alpha value is -3.21. The number of nitrogens with one attached hydrogen (secondary N) is 1. The van der Waals surface area contributed by atoms with Crippen LogP contribution in [-0.2, 0) is 6.42 Å². The third-order valence-corrected chi connectivity index (χ3v) is 5.84. The summed E-state index contributed by atoms with van der Waals surface area (Å²) in [5, 5.41) is 11.5. The number of aromatic nitrogens is 2. The second-order valence-corrected chi connectivity index (χ2v) is 8.00. The van der Waals surface area contributed by atoms with Crippen molar-refractivity contribution in [1.29, 1.82) is 0 Å². The highest BCUT2D eigenvalue weighted by molar-refractivity contribution is 5.92. The molecule has 0 bridgehead atoms. The summed E-state index contributed by atoms with van der Waals surface area (Å²) in [6.45, 7) is 3.92. The molecule has 3 aromatic rings. The smallest absolute Gasteiger partial charge is 0.272 e. The van der Waals surface area contributed by atoms with Gasteiger partial charge >= 0.3 is 0 Å². The Bertz CT molecular complexity index is 936. The van der Waals surface area contributed by atoms with Crippen LogP contribution in [0, 0.1) is 5.92 Å². The Labute approximate surface area is 178 Å². The minimum absolute atomic E-state index is 0.0798. The second kappa shape index (κ2) is 9.53. The summed E-state index contributed by atoms with van der Waals surface area (Å²) in [4.78, 5) is 14.8. The van der Waals surface area contributed by atoms with E-state index in [2.05, 4.69) is 50.7 Å². The summed E-state index contributed by atoms with van der Waals surface area (Å²) in [5.74, 6) is 1.36. The summed E-state index contributed by atoms with van der Waals surface area (Å²) in [6.07, 6.45) is 3.43. The Balaban J connectivity index is 1.30. The molecule has 1 amide bonds. The van der Waals surface area contributed by atoms with E-state index in [1.807, 2.05) is 43.3 Å². The van der Waals surface area contributed by atoms with Crippen LogP contribution in [0.1, 0.15) is 47.4 Å². The van der Waals surface area contributed by atoms with Gasteiger partial charge in [0.25, 0.3) is 5.91 Å². The van der Waals surface area contributed by atoms with E-state index in [0.717, 1.165) is 43.7 Å². The van der Waals surface area contributed by atoms with Crippen LogP contribution in [0.3, 0.4) is 0 Å². The second-order valence-electron chi connectivity index (χ2n) is 8.00. The Morgan fingerprint density at radius 2 is 1.63 bits per heavy atom. The topological polar surface area (TPSA) is 58.1 Å². The number of piperidine rings is 1. The predicted molar refractivity (Wildman–Crippen MR) is 119 cm³/mol. The van der Waals surface area contributed by atoms with E-state index in [1.165, 1.54) is 5.56 Å². The Kier molecular flexibility index (Phi) is 6.38. The average Bonchev–Trinajstić information content (AvgIpc) is 2.81. The summed E-state index contributed by atoms with van der Waals surface area (Å²) in [7, 11) is 0. The van der Waals surface area contributed by atoms with E-state index < -0.39 is 0 Å². The summed E-state index contributed by atoms with van der Waals surface area (Å²) >= 11 is 0. The molecule has 1 N–H and O–H groups in total. The van der Waals surface area contributed by atoms with Crippen molar-refractivity contribution in [3.63, 3.8) is 0 Å². The third kappa shape index (κ3) is 5.03. The molecule has 0 aliphatic carbocycles. The molecule has 1 saturated heterocycles. The van der Waals surface area contributed by atoms with Gasteiger partial charge in [-0.15, -0.1) is 10.2 Å². The Morgan fingerprint density at radius 3 is 2.27 bits per heavy atom. The van der Waals surface area contributed by atoms with Crippen LogP contribution in [0.15, 0.2) is 72.8 Å². The fraction of sp³-hybridized carbons (Fsp3) is 0.320. The van der Waals surface area contributed by atoms with Gasteiger partial charge in [-0.2, -0.15) is 0 Å². The zero-order valence-corrected chi connectivity index (χ0v) is 17.4. The van der Waals surface area contributed by atoms with Crippen LogP contribution in [-0.4, -0.2) is 29.2 Å². The number of nitrogens with zero attached hydrogens (tertiary/aromatic N) is 3. The van der Waals surface area contributed by atoms with Crippen molar-refractivity contribution < 1.29 is 4.79 Å². The number of hydrogen-bond acceptors (Lipinski definition) is 4. The van der Waals surface area contributed by atoms with Crippen LogP contribution in [0.25, 0.3) is 0 Å². The van der Waals surface area contributed by atoms with Gasteiger partial charge in [0.15, 0.2) is 11.5 Å². The molecular formula is C25H28N4O. The van der Waals surface area contributed by atoms with Gasteiger partial charge in [0.1, 0.15) is 0 Å². The molecule has 154 valence electrons. The average molecular weight is 401 g/mol. The first-order valence-electron chi connectivity index (χ1n) is 10.7. The van der Waals surface area contributed by atoms with Gasteiger partial charge in [-0.3, -0.25) is 4.79 Å². The summed E-state index contributed by atoms with van der Waals surface area (Å²) in [6, 6.07) is 24.2. The standard InChI is InChI=1S/C25H28N4O/c1-19(22-10-6-3-7-11-22)26-25(30)23-12-13-24(28-27-23)29-16-14-21(15-17-29)18-20-8-4-2-5-9-20/h2-13,19,21H,14-18H2,1H3,(H,26,30). The van der Waals surface area contributed by atoms with Crippen molar-refractivity contribution in [3.05, 3.63) is 89.6 Å². The quantitative estimate of drug-likeness (QED) is 0.665. The van der Waals surface area contributed by atoms with Crippen LogP contribution in [0.4, 0.5) is 5.82 Å². The monoisotopic (exact) mass is 400 g/mol. The number of amides is 1. The molecule has 1 aromatic heterocycles. The van der Waals surface area contributed by atoms with Crippen LogP contribution >= 0.6 is 0 Å². The molecule has 1 atom stereocenters. The van der Waals surface area contributed by atoms with Gasteiger partial charge < -0.3 is 10.2 Å². The maximum absolute atomic E-state index is 12.5. The van der Waals surface area contributed by atoms with E-state index in [0.29, 0.717) is 11.6 Å². The maximum Gasteiger partial charge on any atom is 0.272 e. The normalized spacial score (nSPS) is 15.6. The van der Waals surface area contributed by atoms with E-state index in [4.69, 9.17) is 0 Å². The zero-order chi connectivity index (χ0) is 20.8. The van der Waals surface area contributed by atoms with E-state index in [9.17, 15) is 4.79 Å². The fourth-order valence-electron chi connectivity index (χ4n) is 4.02. The molecule has 1 fully saturated rings. The number of carbonyl (C=O) groups is 1. The van der Waals surface area contributed by atoms with Crippen molar-refractivity contribution in [2.75, 3.05) is 18.0 Å². The third-order valence-electron chi connectivity index (χ3n) is 5.84. The summed E-state index contributed by atoms with van der Waals surface area (Å²) < 4.78 is 0. The van der Waals surface area contributed by atoms with Gasteiger partial charge in [0.05, 0.1) is 6.04 Å². The molecule has 30 heavy (non-hydrogen) atoms. The summed E-state index contributed by atoms with van der Waals surface area (Å²) in [5.41, 5.74) is 2.82. The van der Waals surface area contributed by atoms with Gasteiger partial charge in [-0.05, 0) is 55.4 Å². The lowest BCUT2D eigenvalue weighted by atomic mass is 9.90. The number of anilines is 1. The van der Waals surface area contributed by atoms with Crippen molar-refractivity contribution >= 4 is 11.7 Å². The number of hydrogen-bond donors (Lipinski definition) is 1. The molecule has 1 unspecified atom stereocenters. The highest BCUT2D eigenvalue weighted by atomic mass is 16.2. The van der Waals surface area contributed by atoms with Gasteiger partial charge in [-0.1, -0.05) is 60.7 Å². The SMILES string of the molecule is CC(NC(=O)c1ccc(N2CCC(Cc3ccccc3)CC2)nn1)c1ccccc1. The van der Waals surface area contributed by atoms with Crippen molar-refractivity contribution in [2.24, 2.45) is 5.92 Å². The lowest BCUT2D eigenvalue weighted by Gasteiger charge is -2.32. The lowest BCUT2D eigenvalue weighted by molar-refractivity contribution is 0.0934. The first-order chi connectivity index (χ1) is 14.7. The molecular weight excluding hydrogens is 372 g/mol. The van der Waals surface area contributed by atoms with Gasteiger partial charge in [0, 0.05) is 13.1 Å². The van der Waals surface area contributed by atoms with Crippen molar-refractivity contribution in [3.8, 4) is 0 Å². The zero-order valence-electron chi connectivity index (χ0n) is 17.4. The first-order valence-corrected chi connectivity index (χ1v) is 10.7. The molecule has 0 saturated carbocycles. The number of carbonyl (C=O) groups excluding carboxylic acids is 1.